The van der Waals surface area contributed by atoms with Gasteiger partial charge in [0.15, 0.2) is 0 Å². The van der Waals surface area contributed by atoms with Gasteiger partial charge in [0.05, 0.1) is 6.10 Å². The second-order valence-corrected chi connectivity index (χ2v) is 6.53. The molecule has 1 aromatic rings. The summed E-state index contributed by atoms with van der Waals surface area (Å²) in [5, 5.41) is 3.52. The molecule has 118 valence electrons. The van der Waals surface area contributed by atoms with Gasteiger partial charge in [0.1, 0.15) is 0 Å². The fourth-order valence-corrected chi connectivity index (χ4v) is 3.34. The maximum Gasteiger partial charge on any atom is 0.0750 e. The van der Waals surface area contributed by atoms with E-state index < -0.39 is 0 Å². The number of hydrogen-bond acceptors (Lipinski definition) is 3. The van der Waals surface area contributed by atoms with Crippen LogP contribution in [-0.2, 0) is 11.3 Å². The first-order chi connectivity index (χ1) is 10.2. The second kappa shape index (κ2) is 8.76. The maximum absolute atomic E-state index is 5.83. The fraction of sp³-hybridized carbons (Fsp3) is 0.647. The van der Waals surface area contributed by atoms with E-state index >= 15 is 0 Å². The van der Waals surface area contributed by atoms with Crippen LogP contribution in [0.25, 0.3) is 0 Å². The molecule has 1 saturated heterocycles. The van der Waals surface area contributed by atoms with Crippen LogP contribution in [0.1, 0.15) is 38.7 Å². The van der Waals surface area contributed by atoms with Gasteiger partial charge in [-0.1, -0.05) is 22.9 Å². The Morgan fingerprint density at radius 3 is 3.00 bits per heavy atom. The molecule has 0 aliphatic carbocycles. The van der Waals surface area contributed by atoms with Crippen molar-refractivity contribution in [1.29, 1.82) is 0 Å². The van der Waals surface area contributed by atoms with Crippen molar-refractivity contribution in [2.24, 2.45) is 0 Å². The van der Waals surface area contributed by atoms with E-state index in [0.717, 1.165) is 37.3 Å². The van der Waals surface area contributed by atoms with E-state index in [4.69, 9.17) is 4.74 Å². The zero-order valence-corrected chi connectivity index (χ0v) is 14.8. The number of benzene rings is 1. The van der Waals surface area contributed by atoms with E-state index in [0.29, 0.717) is 6.10 Å². The molecule has 1 aliphatic heterocycles. The van der Waals surface area contributed by atoms with Gasteiger partial charge in [-0.3, -0.25) is 0 Å². The molecule has 1 N–H and O–H groups in total. The molecule has 4 heteroatoms. The van der Waals surface area contributed by atoms with Gasteiger partial charge in [0.25, 0.3) is 0 Å². The van der Waals surface area contributed by atoms with E-state index in [-0.39, 0.29) is 0 Å². The number of piperidine rings is 1. The van der Waals surface area contributed by atoms with Crippen LogP contribution in [0.5, 0.6) is 0 Å². The van der Waals surface area contributed by atoms with Crippen LogP contribution in [0.4, 0.5) is 5.69 Å². The van der Waals surface area contributed by atoms with Crippen molar-refractivity contribution in [2.45, 2.75) is 45.8 Å². The first-order valence-corrected chi connectivity index (χ1v) is 8.89. The summed E-state index contributed by atoms with van der Waals surface area (Å²) in [5.41, 5.74) is 2.72. The van der Waals surface area contributed by atoms with Gasteiger partial charge in [-0.25, -0.2) is 0 Å². The lowest BCUT2D eigenvalue weighted by Crippen LogP contribution is -2.40. The molecule has 1 heterocycles. The predicted molar refractivity (Wildman–Crippen MR) is 93.0 cm³/mol. The monoisotopic (exact) mass is 354 g/mol. The Morgan fingerprint density at radius 2 is 2.24 bits per heavy atom. The molecule has 1 unspecified atom stereocenters. The number of nitrogens with one attached hydrogen (secondary N) is 1. The minimum atomic E-state index is 0.379. The summed E-state index contributed by atoms with van der Waals surface area (Å²) in [6, 6.07) is 6.62. The summed E-state index contributed by atoms with van der Waals surface area (Å²) in [6.45, 7) is 9.22. The number of rotatable bonds is 7. The molecule has 0 bridgehead atoms. The summed E-state index contributed by atoms with van der Waals surface area (Å²) in [6.07, 6.45) is 3.94. The van der Waals surface area contributed by atoms with E-state index in [9.17, 15) is 0 Å². The van der Waals surface area contributed by atoms with Crippen molar-refractivity contribution in [3.63, 3.8) is 0 Å². The number of nitrogens with zero attached hydrogens (tertiary/aromatic N) is 1. The molecule has 1 fully saturated rings. The van der Waals surface area contributed by atoms with E-state index in [1.807, 2.05) is 0 Å². The predicted octanol–water partition coefficient (Wildman–Crippen LogP) is 3.95. The van der Waals surface area contributed by atoms with Crippen molar-refractivity contribution in [3.05, 3.63) is 28.2 Å². The van der Waals surface area contributed by atoms with Crippen LogP contribution in [0.15, 0.2) is 22.7 Å². The van der Waals surface area contributed by atoms with Gasteiger partial charge in [-0.15, -0.1) is 0 Å². The van der Waals surface area contributed by atoms with Gasteiger partial charge in [0, 0.05) is 36.4 Å². The maximum atomic E-state index is 5.83. The van der Waals surface area contributed by atoms with Crippen LogP contribution >= 0.6 is 15.9 Å². The van der Waals surface area contributed by atoms with Crippen molar-refractivity contribution in [3.8, 4) is 0 Å². The standard InChI is InChI=1S/C17H27BrN2O/c1-3-9-19-12-14-11-15(18)7-8-17(14)20-10-5-6-16(13-20)21-4-2/h7-8,11,16,19H,3-6,9-10,12-13H2,1-2H3. The third-order valence-corrected chi connectivity index (χ3v) is 4.40. The highest BCUT2D eigenvalue weighted by Crippen LogP contribution is 2.28. The van der Waals surface area contributed by atoms with Crippen LogP contribution in [0.3, 0.4) is 0 Å². The molecular formula is C17H27BrN2O. The minimum absolute atomic E-state index is 0.379. The average Bonchev–Trinajstić information content (AvgIpc) is 2.48. The topological polar surface area (TPSA) is 24.5 Å². The third-order valence-electron chi connectivity index (χ3n) is 3.90. The zero-order chi connectivity index (χ0) is 15.1. The number of ether oxygens (including phenoxy) is 1. The molecule has 21 heavy (non-hydrogen) atoms. The Balaban J connectivity index is 2.09. The SMILES string of the molecule is CCCNCc1cc(Br)ccc1N1CCCC(OCC)C1. The first kappa shape index (κ1) is 16.8. The molecule has 0 radical (unpaired) electrons. The molecular weight excluding hydrogens is 328 g/mol. The quantitative estimate of drug-likeness (QED) is 0.750. The third kappa shape index (κ3) is 4.97. The highest BCUT2D eigenvalue weighted by Gasteiger charge is 2.21. The summed E-state index contributed by atoms with van der Waals surface area (Å²) >= 11 is 3.60. The zero-order valence-electron chi connectivity index (χ0n) is 13.2. The summed E-state index contributed by atoms with van der Waals surface area (Å²) in [7, 11) is 0. The highest BCUT2D eigenvalue weighted by atomic mass is 79.9. The minimum Gasteiger partial charge on any atom is -0.377 e. The smallest absolute Gasteiger partial charge is 0.0750 e. The lowest BCUT2D eigenvalue weighted by atomic mass is 10.0. The molecule has 0 amide bonds. The second-order valence-electron chi connectivity index (χ2n) is 5.62. The van der Waals surface area contributed by atoms with Crippen molar-refractivity contribution in [2.75, 3.05) is 31.1 Å². The van der Waals surface area contributed by atoms with Crippen LogP contribution in [-0.4, -0.2) is 32.3 Å². The van der Waals surface area contributed by atoms with Crippen LogP contribution in [0.2, 0.25) is 0 Å². The normalized spacial score (nSPS) is 19.0. The van der Waals surface area contributed by atoms with Gasteiger partial charge in [-0.2, -0.15) is 0 Å². The molecule has 2 rings (SSSR count). The fourth-order valence-electron chi connectivity index (χ4n) is 2.93. The van der Waals surface area contributed by atoms with Crippen molar-refractivity contribution < 1.29 is 4.74 Å². The molecule has 0 aromatic heterocycles. The Kier molecular flexibility index (Phi) is 7.00. The van der Waals surface area contributed by atoms with Gasteiger partial charge in [-0.05, 0) is 56.5 Å². The van der Waals surface area contributed by atoms with E-state index in [2.05, 4.69) is 58.2 Å². The lowest BCUT2D eigenvalue weighted by molar-refractivity contribution is 0.0526. The summed E-state index contributed by atoms with van der Waals surface area (Å²) in [5.74, 6) is 0. The average molecular weight is 355 g/mol. The Bertz CT molecular complexity index is 437. The Hall–Kier alpha value is -0.580. The van der Waals surface area contributed by atoms with Crippen molar-refractivity contribution in [1.82, 2.24) is 5.32 Å². The van der Waals surface area contributed by atoms with E-state index in [1.54, 1.807) is 0 Å². The van der Waals surface area contributed by atoms with Gasteiger partial charge >= 0.3 is 0 Å². The summed E-state index contributed by atoms with van der Waals surface area (Å²) < 4.78 is 6.98. The van der Waals surface area contributed by atoms with Gasteiger partial charge < -0.3 is 15.0 Å². The molecule has 3 nitrogen and oxygen atoms in total. The number of hydrogen-bond donors (Lipinski definition) is 1. The number of anilines is 1. The number of halogens is 1. The molecule has 1 atom stereocenters. The molecule has 1 aliphatic rings. The molecule has 0 saturated carbocycles. The van der Waals surface area contributed by atoms with Crippen molar-refractivity contribution >= 4 is 21.6 Å². The Morgan fingerprint density at radius 1 is 1.38 bits per heavy atom. The van der Waals surface area contributed by atoms with Crippen LogP contribution in [0, 0.1) is 0 Å². The summed E-state index contributed by atoms with van der Waals surface area (Å²) in [4.78, 5) is 2.49. The van der Waals surface area contributed by atoms with Gasteiger partial charge in [0.2, 0.25) is 0 Å². The highest BCUT2D eigenvalue weighted by molar-refractivity contribution is 9.10. The first-order valence-electron chi connectivity index (χ1n) is 8.10. The molecule has 1 aromatic carbocycles. The van der Waals surface area contributed by atoms with Crippen LogP contribution < -0.4 is 10.2 Å². The lowest BCUT2D eigenvalue weighted by Gasteiger charge is -2.35. The van der Waals surface area contributed by atoms with E-state index in [1.165, 1.54) is 30.5 Å². The largest absolute Gasteiger partial charge is 0.377 e. The Labute approximate surface area is 137 Å². The molecule has 0 spiro atoms.